The van der Waals surface area contributed by atoms with E-state index in [4.69, 9.17) is 4.74 Å². The minimum absolute atomic E-state index is 0.129. The van der Waals surface area contributed by atoms with E-state index in [0.717, 1.165) is 24.8 Å². The third kappa shape index (κ3) is 5.03. The zero-order chi connectivity index (χ0) is 17.1. The van der Waals surface area contributed by atoms with Crippen LogP contribution in [-0.2, 0) is 11.3 Å². The average Bonchev–Trinajstić information content (AvgIpc) is 2.37. The Hall–Kier alpha value is -1.95. The van der Waals surface area contributed by atoms with E-state index in [1.807, 2.05) is 20.8 Å². The fourth-order valence-corrected chi connectivity index (χ4v) is 2.59. The van der Waals surface area contributed by atoms with Crippen molar-refractivity contribution in [2.45, 2.75) is 57.7 Å². The van der Waals surface area contributed by atoms with E-state index in [0.29, 0.717) is 13.1 Å². The molecule has 4 N–H and O–H groups in total. The Bertz CT molecular complexity index is 562. The van der Waals surface area contributed by atoms with E-state index in [2.05, 4.69) is 10.6 Å². The minimum Gasteiger partial charge on any atom is -0.504 e. The number of hydrogen-bond donors (Lipinski definition) is 4. The number of carbonyl (C=O) groups is 1. The lowest BCUT2D eigenvalue weighted by molar-refractivity contribution is 0.0382. The number of nitrogens with one attached hydrogen (secondary N) is 2. The number of amides is 1. The van der Waals surface area contributed by atoms with Crippen molar-refractivity contribution in [2.24, 2.45) is 0 Å². The highest BCUT2D eigenvalue weighted by Crippen LogP contribution is 2.32. The van der Waals surface area contributed by atoms with E-state index in [1.165, 1.54) is 12.1 Å². The Morgan fingerprint density at radius 3 is 2.48 bits per heavy atom. The first kappa shape index (κ1) is 17.4. The number of phenols is 2. The molecule has 1 fully saturated rings. The van der Waals surface area contributed by atoms with Gasteiger partial charge in [0.1, 0.15) is 5.60 Å². The number of rotatable bonds is 5. The molecule has 2 rings (SSSR count). The molecule has 1 amide bonds. The van der Waals surface area contributed by atoms with Gasteiger partial charge in [0.15, 0.2) is 11.5 Å². The summed E-state index contributed by atoms with van der Waals surface area (Å²) < 4.78 is 5.32. The van der Waals surface area contributed by atoms with E-state index in [9.17, 15) is 15.0 Å². The highest BCUT2D eigenvalue weighted by Gasteiger charge is 2.39. The van der Waals surface area contributed by atoms with E-state index in [1.54, 1.807) is 6.07 Å². The number of aromatic hydroxyl groups is 2. The highest BCUT2D eigenvalue weighted by atomic mass is 16.6. The summed E-state index contributed by atoms with van der Waals surface area (Å²) in [6.07, 6.45) is 2.53. The zero-order valence-corrected chi connectivity index (χ0v) is 14.0. The van der Waals surface area contributed by atoms with Crippen LogP contribution in [0.2, 0.25) is 0 Å². The Morgan fingerprint density at radius 2 is 1.96 bits per heavy atom. The molecule has 1 aromatic rings. The number of carbonyl (C=O) groups excluding carboxylic acids is 1. The summed E-state index contributed by atoms with van der Waals surface area (Å²) in [5.74, 6) is -0.259. The van der Waals surface area contributed by atoms with E-state index in [-0.39, 0.29) is 23.1 Å². The molecule has 1 aliphatic carbocycles. The fraction of sp³-hybridized carbons (Fsp3) is 0.588. The van der Waals surface area contributed by atoms with Crippen molar-refractivity contribution in [1.82, 2.24) is 10.6 Å². The third-order valence-corrected chi connectivity index (χ3v) is 3.91. The molecule has 0 bridgehead atoms. The molecular weight excluding hydrogens is 296 g/mol. The number of alkyl carbamates (subject to hydrolysis) is 1. The first-order valence-electron chi connectivity index (χ1n) is 7.92. The first-order chi connectivity index (χ1) is 10.7. The van der Waals surface area contributed by atoms with Gasteiger partial charge in [-0.2, -0.15) is 0 Å². The maximum absolute atomic E-state index is 12.0. The molecule has 1 aromatic carbocycles. The van der Waals surface area contributed by atoms with Gasteiger partial charge >= 0.3 is 6.09 Å². The lowest BCUT2D eigenvalue weighted by Crippen LogP contribution is -2.59. The summed E-state index contributed by atoms with van der Waals surface area (Å²) in [6.45, 7) is 6.71. The van der Waals surface area contributed by atoms with Crippen molar-refractivity contribution in [3.05, 3.63) is 23.8 Å². The Morgan fingerprint density at radius 1 is 1.26 bits per heavy atom. The van der Waals surface area contributed by atoms with Crippen molar-refractivity contribution in [3.8, 4) is 11.5 Å². The molecule has 0 aliphatic heterocycles. The molecule has 23 heavy (non-hydrogen) atoms. The van der Waals surface area contributed by atoms with Gasteiger partial charge in [-0.15, -0.1) is 0 Å². The molecule has 0 spiro atoms. The van der Waals surface area contributed by atoms with Gasteiger partial charge in [0.25, 0.3) is 0 Å². The summed E-state index contributed by atoms with van der Waals surface area (Å²) in [4.78, 5) is 12.0. The van der Waals surface area contributed by atoms with Crippen LogP contribution in [0.4, 0.5) is 4.79 Å². The molecule has 0 saturated heterocycles. The Labute approximate surface area is 136 Å². The summed E-state index contributed by atoms with van der Waals surface area (Å²) in [5.41, 5.74) is 0.0971. The van der Waals surface area contributed by atoms with Crippen LogP contribution >= 0.6 is 0 Å². The van der Waals surface area contributed by atoms with Gasteiger partial charge in [-0.3, -0.25) is 0 Å². The van der Waals surface area contributed by atoms with Crippen LogP contribution in [0.15, 0.2) is 18.2 Å². The van der Waals surface area contributed by atoms with Crippen LogP contribution in [0.5, 0.6) is 11.5 Å². The quantitative estimate of drug-likeness (QED) is 0.626. The number of hydrogen-bond acceptors (Lipinski definition) is 5. The SMILES string of the molecule is CC(C)(C)OC(=O)NC1(CNCc2ccc(O)c(O)c2)CCC1. The molecule has 0 heterocycles. The minimum atomic E-state index is -0.508. The van der Waals surface area contributed by atoms with Crippen LogP contribution in [0, 0.1) is 0 Å². The zero-order valence-electron chi connectivity index (χ0n) is 14.0. The predicted molar refractivity (Wildman–Crippen MR) is 87.4 cm³/mol. The molecule has 1 aliphatic rings. The molecule has 1 saturated carbocycles. The Kier molecular flexibility index (Phi) is 5.04. The van der Waals surface area contributed by atoms with Crippen molar-refractivity contribution in [2.75, 3.05) is 6.54 Å². The van der Waals surface area contributed by atoms with Gasteiger partial charge in [0.05, 0.1) is 5.54 Å². The lowest BCUT2D eigenvalue weighted by Gasteiger charge is -2.42. The monoisotopic (exact) mass is 322 g/mol. The summed E-state index contributed by atoms with van der Waals surface area (Å²) >= 11 is 0. The highest BCUT2D eigenvalue weighted by molar-refractivity contribution is 5.69. The van der Waals surface area contributed by atoms with Gasteiger partial charge in [-0.25, -0.2) is 4.79 Å². The van der Waals surface area contributed by atoms with Gasteiger partial charge < -0.3 is 25.6 Å². The summed E-state index contributed by atoms with van der Waals surface area (Å²) in [6, 6.07) is 4.73. The topological polar surface area (TPSA) is 90.8 Å². The largest absolute Gasteiger partial charge is 0.504 e. The van der Waals surface area contributed by atoms with Crippen molar-refractivity contribution in [1.29, 1.82) is 0 Å². The average molecular weight is 322 g/mol. The van der Waals surface area contributed by atoms with Crippen LogP contribution in [0.25, 0.3) is 0 Å². The second-order valence-electron chi connectivity index (χ2n) is 7.19. The molecule has 6 heteroatoms. The lowest BCUT2D eigenvalue weighted by atomic mass is 9.76. The molecule has 0 radical (unpaired) electrons. The molecular formula is C17H26N2O4. The molecule has 0 aromatic heterocycles. The van der Waals surface area contributed by atoms with Gasteiger partial charge in [0, 0.05) is 13.1 Å². The molecule has 6 nitrogen and oxygen atoms in total. The third-order valence-electron chi connectivity index (χ3n) is 3.91. The smallest absolute Gasteiger partial charge is 0.408 e. The van der Waals surface area contributed by atoms with Crippen molar-refractivity contribution < 1.29 is 19.7 Å². The van der Waals surface area contributed by atoms with Crippen LogP contribution < -0.4 is 10.6 Å². The standard InChI is InChI=1S/C17H26N2O4/c1-16(2,3)23-15(22)19-17(7-4-8-17)11-18-10-12-5-6-13(20)14(21)9-12/h5-6,9,18,20-21H,4,7-8,10-11H2,1-3H3,(H,19,22). The molecule has 0 unspecified atom stereocenters. The second-order valence-corrected chi connectivity index (χ2v) is 7.19. The summed E-state index contributed by atoms with van der Waals surface area (Å²) in [7, 11) is 0. The van der Waals surface area contributed by atoms with E-state index >= 15 is 0 Å². The summed E-state index contributed by atoms with van der Waals surface area (Å²) in [5, 5.41) is 25.1. The maximum atomic E-state index is 12.0. The molecule has 0 atom stereocenters. The predicted octanol–water partition coefficient (Wildman–Crippen LogP) is 2.63. The first-order valence-corrected chi connectivity index (χ1v) is 7.92. The van der Waals surface area contributed by atoms with Gasteiger partial charge in [0.2, 0.25) is 0 Å². The van der Waals surface area contributed by atoms with Gasteiger partial charge in [-0.1, -0.05) is 6.07 Å². The number of benzene rings is 1. The van der Waals surface area contributed by atoms with Crippen LogP contribution in [0.1, 0.15) is 45.6 Å². The number of ether oxygens (including phenoxy) is 1. The van der Waals surface area contributed by atoms with Gasteiger partial charge in [-0.05, 0) is 57.7 Å². The maximum Gasteiger partial charge on any atom is 0.408 e. The van der Waals surface area contributed by atoms with Crippen LogP contribution in [-0.4, -0.2) is 34.0 Å². The van der Waals surface area contributed by atoms with Crippen LogP contribution in [0.3, 0.4) is 0 Å². The molecule has 128 valence electrons. The second kappa shape index (κ2) is 6.66. The van der Waals surface area contributed by atoms with Crippen molar-refractivity contribution in [3.63, 3.8) is 0 Å². The van der Waals surface area contributed by atoms with Crippen molar-refractivity contribution >= 4 is 6.09 Å². The van der Waals surface area contributed by atoms with E-state index < -0.39 is 5.60 Å². The fourth-order valence-electron chi connectivity index (χ4n) is 2.59. The number of phenolic OH excluding ortho intramolecular Hbond substituents is 2. The normalized spacial score (nSPS) is 16.5. The Balaban J connectivity index is 1.84.